The molecule has 8 aromatic carbocycles. The topological polar surface area (TPSA) is 73.7 Å². The van der Waals surface area contributed by atoms with Crippen molar-refractivity contribution in [2.75, 3.05) is 0 Å². The van der Waals surface area contributed by atoms with E-state index in [2.05, 4.69) is 121 Å². The zero-order chi connectivity index (χ0) is 41.5. The van der Waals surface area contributed by atoms with Gasteiger partial charge in [-0.25, -0.2) is 24.9 Å². The molecule has 4 heterocycles. The highest BCUT2D eigenvalue weighted by atomic mass is 32.1. The standard InChI is InChI=1S/C56H33N5OS/c1-4-16-34(17-5-1)49-51-50(39-22-10-15-27-48(39)63-51)58-54(57-49)37-28-30-42-40(32-37)41-33-38(55-60-52(35-18-6-2-7-19-35)59-53(61-55)36-20-8-3-9-21-36)29-31-43(41)56(42)44-23-11-13-25-46(44)62-47-26-14-12-24-45(47)56/h1-33H. The minimum Gasteiger partial charge on any atom is -0.457 e. The molecule has 0 N–H and O–H groups in total. The van der Waals surface area contributed by atoms with Crippen molar-refractivity contribution >= 4 is 31.6 Å². The van der Waals surface area contributed by atoms with Gasteiger partial charge in [-0.1, -0.05) is 170 Å². The Kier molecular flexibility index (Phi) is 7.89. The van der Waals surface area contributed by atoms with E-state index in [1.54, 1.807) is 11.3 Å². The number of thiophene rings is 1. The van der Waals surface area contributed by atoms with Crippen molar-refractivity contribution in [2.24, 2.45) is 0 Å². The Hall–Kier alpha value is -8.13. The molecule has 0 fully saturated rings. The van der Waals surface area contributed by atoms with Crippen LogP contribution in [-0.4, -0.2) is 24.9 Å². The van der Waals surface area contributed by atoms with E-state index in [1.165, 1.54) is 4.70 Å². The van der Waals surface area contributed by atoms with Gasteiger partial charge in [0.15, 0.2) is 23.3 Å². The number of para-hydroxylation sites is 2. The van der Waals surface area contributed by atoms with Crippen molar-refractivity contribution in [3.63, 3.8) is 0 Å². The fourth-order valence-electron chi connectivity index (χ4n) is 9.64. The predicted molar refractivity (Wildman–Crippen MR) is 253 cm³/mol. The molecule has 3 aromatic heterocycles. The zero-order valence-corrected chi connectivity index (χ0v) is 34.4. The molecule has 63 heavy (non-hydrogen) atoms. The Labute approximate surface area is 366 Å². The highest BCUT2D eigenvalue weighted by Gasteiger charge is 2.51. The second-order valence-electron chi connectivity index (χ2n) is 15.9. The second-order valence-corrected chi connectivity index (χ2v) is 17.0. The lowest BCUT2D eigenvalue weighted by atomic mass is 9.66. The van der Waals surface area contributed by atoms with Gasteiger partial charge in [0.2, 0.25) is 0 Å². The second kappa shape index (κ2) is 14.0. The lowest BCUT2D eigenvalue weighted by Crippen LogP contribution is -2.32. The summed E-state index contributed by atoms with van der Waals surface area (Å²) < 4.78 is 8.94. The Morgan fingerprint density at radius 2 is 0.825 bits per heavy atom. The molecular weight excluding hydrogens is 791 g/mol. The molecule has 1 spiro atoms. The maximum atomic E-state index is 6.67. The number of hydrogen-bond acceptors (Lipinski definition) is 7. The Morgan fingerprint density at radius 1 is 0.365 bits per heavy atom. The van der Waals surface area contributed by atoms with Crippen LogP contribution in [0.3, 0.4) is 0 Å². The van der Waals surface area contributed by atoms with Crippen molar-refractivity contribution in [1.29, 1.82) is 0 Å². The average molecular weight is 824 g/mol. The molecule has 6 nitrogen and oxygen atoms in total. The van der Waals surface area contributed by atoms with Crippen LogP contribution in [0.4, 0.5) is 0 Å². The summed E-state index contributed by atoms with van der Waals surface area (Å²) in [7, 11) is 0. The molecule has 0 unspecified atom stereocenters. The summed E-state index contributed by atoms with van der Waals surface area (Å²) in [4.78, 5) is 26.0. The number of rotatable bonds is 5. The molecule has 1 aliphatic carbocycles. The number of aromatic nitrogens is 5. The Bertz CT molecular complexity index is 3500. The summed E-state index contributed by atoms with van der Waals surface area (Å²) in [6.45, 7) is 0. The van der Waals surface area contributed by atoms with Gasteiger partial charge in [0.1, 0.15) is 11.5 Å². The summed E-state index contributed by atoms with van der Waals surface area (Å²) in [5, 5.41) is 1.13. The van der Waals surface area contributed by atoms with Gasteiger partial charge in [-0.3, -0.25) is 0 Å². The van der Waals surface area contributed by atoms with E-state index in [0.717, 1.165) is 94.0 Å². The van der Waals surface area contributed by atoms with Crippen LogP contribution in [0.5, 0.6) is 11.5 Å². The maximum absolute atomic E-state index is 6.67. The van der Waals surface area contributed by atoms with Crippen LogP contribution in [0.1, 0.15) is 22.3 Å². The molecule has 0 radical (unpaired) electrons. The molecule has 0 saturated carbocycles. The van der Waals surface area contributed by atoms with Crippen LogP contribution < -0.4 is 4.74 Å². The molecule has 0 amide bonds. The fourth-order valence-corrected chi connectivity index (χ4v) is 10.8. The number of ether oxygens (including phenoxy) is 1. The molecule has 294 valence electrons. The molecule has 13 rings (SSSR count). The van der Waals surface area contributed by atoms with Crippen molar-refractivity contribution in [3.8, 4) is 79.4 Å². The van der Waals surface area contributed by atoms with Crippen molar-refractivity contribution in [2.45, 2.75) is 5.41 Å². The number of hydrogen-bond donors (Lipinski definition) is 0. The zero-order valence-electron chi connectivity index (χ0n) is 33.6. The fraction of sp³-hybridized carbons (Fsp3) is 0.0179. The van der Waals surface area contributed by atoms with E-state index in [0.29, 0.717) is 23.3 Å². The summed E-state index contributed by atoms with van der Waals surface area (Å²) in [5.74, 6) is 4.19. The lowest BCUT2D eigenvalue weighted by molar-refractivity contribution is 0.436. The van der Waals surface area contributed by atoms with Crippen LogP contribution in [0, 0.1) is 0 Å². The first-order valence-electron chi connectivity index (χ1n) is 21.0. The Morgan fingerprint density at radius 3 is 1.40 bits per heavy atom. The van der Waals surface area contributed by atoms with E-state index in [1.807, 2.05) is 78.9 Å². The van der Waals surface area contributed by atoms with E-state index >= 15 is 0 Å². The Balaban J connectivity index is 1.08. The first kappa shape index (κ1) is 35.6. The van der Waals surface area contributed by atoms with Gasteiger partial charge in [-0.05, 0) is 52.6 Å². The third-order valence-corrected chi connectivity index (χ3v) is 13.6. The van der Waals surface area contributed by atoms with E-state index < -0.39 is 5.41 Å². The quantitative estimate of drug-likeness (QED) is 0.172. The number of nitrogens with zero attached hydrogens (tertiary/aromatic N) is 5. The monoisotopic (exact) mass is 823 g/mol. The van der Waals surface area contributed by atoms with Crippen LogP contribution in [-0.2, 0) is 5.41 Å². The van der Waals surface area contributed by atoms with Crippen molar-refractivity contribution in [3.05, 3.63) is 222 Å². The summed E-state index contributed by atoms with van der Waals surface area (Å²) in [6.07, 6.45) is 0. The predicted octanol–water partition coefficient (Wildman–Crippen LogP) is 13.8. The third kappa shape index (κ3) is 5.46. The number of fused-ring (bicyclic) bond motifs is 12. The molecule has 11 aromatic rings. The van der Waals surface area contributed by atoms with Crippen LogP contribution in [0.15, 0.2) is 200 Å². The SMILES string of the molecule is c1ccc(-c2nc(-c3ccccc3)nc(-c3ccc4c(c3)-c3cc(-c5nc(-c6ccccc6)c6sc7ccccc7c6n5)ccc3C43c4ccccc4Oc4ccccc43)n2)cc1. The third-order valence-electron chi connectivity index (χ3n) is 12.4. The average Bonchev–Trinajstić information content (AvgIpc) is 3.88. The molecule has 2 aliphatic rings. The van der Waals surface area contributed by atoms with E-state index in [4.69, 9.17) is 29.7 Å². The molecular formula is C56H33N5OS. The van der Waals surface area contributed by atoms with Crippen LogP contribution >= 0.6 is 11.3 Å². The summed E-state index contributed by atoms with van der Waals surface area (Å²) in [6, 6.07) is 69.5. The largest absolute Gasteiger partial charge is 0.457 e. The van der Waals surface area contributed by atoms with Gasteiger partial charge in [0.25, 0.3) is 0 Å². The van der Waals surface area contributed by atoms with Gasteiger partial charge in [-0.2, -0.15) is 0 Å². The van der Waals surface area contributed by atoms with Crippen LogP contribution in [0.2, 0.25) is 0 Å². The summed E-state index contributed by atoms with van der Waals surface area (Å²) >= 11 is 1.74. The van der Waals surface area contributed by atoms with Gasteiger partial charge in [-0.15, -0.1) is 11.3 Å². The van der Waals surface area contributed by atoms with Gasteiger partial charge < -0.3 is 4.74 Å². The molecule has 0 bridgehead atoms. The molecule has 7 heteroatoms. The molecule has 0 saturated heterocycles. The van der Waals surface area contributed by atoms with Crippen molar-refractivity contribution in [1.82, 2.24) is 24.9 Å². The highest BCUT2D eigenvalue weighted by Crippen LogP contribution is 2.62. The van der Waals surface area contributed by atoms with Gasteiger partial charge >= 0.3 is 0 Å². The van der Waals surface area contributed by atoms with Gasteiger partial charge in [0, 0.05) is 49.0 Å². The van der Waals surface area contributed by atoms with Crippen molar-refractivity contribution < 1.29 is 4.74 Å². The first-order valence-corrected chi connectivity index (χ1v) is 21.8. The molecule has 1 aliphatic heterocycles. The highest BCUT2D eigenvalue weighted by molar-refractivity contribution is 7.26. The van der Waals surface area contributed by atoms with E-state index in [-0.39, 0.29) is 0 Å². The van der Waals surface area contributed by atoms with Crippen LogP contribution in [0.25, 0.3) is 88.2 Å². The van der Waals surface area contributed by atoms with E-state index in [9.17, 15) is 0 Å². The first-order chi connectivity index (χ1) is 31.2. The smallest absolute Gasteiger partial charge is 0.164 e. The maximum Gasteiger partial charge on any atom is 0.164 e. The molecule has 0 atom stereocenters. The minimum atomic E-state index is -0.666. The lowest BCUT2D eigenvalue weighted by Gasteiger charge is -2.39. The minimum absolute atomic E-state index is 0.600. The number of benzene rings is 8. The van der Waals surface area contributed by atoms with Gasteiger partial charge in [0.05, 0.1) is 21.3 Å². The summed E-state index contributed by atoms with van der Waals surface area (Å²) in [5.41, 5.74) is 12.7. The normalized spacial score (nSPS) is 13.0.